The Labute approximate surface area is 175 Å². The molecule has 0 saturated carbocycles. The van der Waals surface area contributed by atoms with Crippen LogP contribution in [0.15, 0.2) is 60.7 Å². The summed E-state index contributed by atoms with van der Waals surface area (Å²) in [5, 5.41) is 25.0. The maximum atomic E-state index is 12.7. The van der Waals surface area contributed by atoms with Crippen LogP contribution in [0.5, 0.6) is 0 Å². The minimum Gasteiger partial charge on any atom is -0.465 e. The molecule has 8 nitrogen and oxygen atoms in total. The normalized spacial score (nSPS) is 11.5. The first-order valence-corrected chi connectivity index (χ1v) is 9.81. The number of hydrogen-bond acceptors (Lipinski definition) is 3. The highest BCUT2D eigenvalue weighted by Crippen LogP contribution is 2.23. The maximum absolute atomic E-state index is 12.7. The van der Waals surface area contributed by atoms with Crippen LogP contribution in [0.4, 0.5) is 9.59 Å². The number of unbranched alkanes of at least 4 members (excludes halogenated alkanes) is 1. The molecule has 30 heavy (non-hydrogen) atoms. The van der Waals surface area contributed by atoms with Crippen LogP contribution >= 0.6 is 0 Å². The van der Waals surface area contributed by atoms with Crippen LogP contribution in [0.1, 0.15) is 36.3 Å². The van der Waals surface area contributed by atoms with Crippen molar-refractivity contribution in [1.29, 1.82) is 0 Å². The predicted molar refractivity (Wildman–Crippen MR) is 113 cm³/mol. The molecule has 0 aliphatic rings. The van der Waals surface area contributed by atoms with E-state index in [-0.39, 0.29) is 18.9 Å². The highest BCUT2D eigenvalue weighted by molar-refractivity contribution is 5.85. The smallest absolute Gasteiger partial charge is 0.405 e. The Morgan fingerprint density at radius 2 is 1.33 bits per heavy atom. The third kappa shape index (κ3) is 7.83. The lowest BCUT2D eigenvalue weighted by molar-refractivity contribution is -0.123. The van der Waals surface area contributed by atoms with Gasteiger partial charge in [-0.15, -0.1) is 0 Å². The van der Waals surface area contributed by atoms with Crippen LogP contribution in [0, 0.1) is 0 Å². The first kappa shape index (κ1) is 22.7. The number of amides is 3. The molecule has 0 radical (unpaired) electrons. The molecule has 0 bridgehead atoms. The molecule has 5 N–H and O–H groups in total. The van der Waals surface area contributed by atoms with E-state index in [4.69, 9.17) is 10.2 Å². The van der Waals surface area contributed by atoms with Crippen LogP contribution < -0.4 is 16.0 Å². The molecule has 160 valence electrons. The summed E-state index contributed by atoms with van der Waals surface area (Å²) in [5.74, 6) is -0.470. The van der Waals surface area contributed by atoms with Crippen molar-refractivity contribution in [3.05, 3.63) is 71.8 Å². The van der Waals surface area contributed by atoms with Crippen molar-refractivity contribution in [2.24, 2.45) is 0 Å². The van der Waals surface area contributed by atoms with Gasteiger partial charge in [0.05, 0.1) is 0 Å². The van der Waals surface area contributed by atoms with Crippen molar-refractivity contribution in [3.63, 3.8) is 0 Å². The Balaban J connectivity index is 1.99. The summed E-state index contributed by atoms with van der Waals surface area (Å²) in [7, 11) is 0. The minimum atomic E-state index is -1.28. The Morgan fingerprint density at radius 1 is 0.767 bits per heavy atom. The molecule has 0 heterocycles. The Bertz CT molecular complexity index is 775. The number of carboxylic acid groups (broad SMARTS) is 2. The largest absolute Gasteiger partial charge is 0.465 e. The van der Waals surface area contributed by atoms with Crippen molar-refractivity contribution in [1.82, 2.24) is 16.0 Å². The monoisotopic (exact) mass is 413 g/mol. The van der Waals surface area contributed by atoms with Gasteiger partial charge >= 0.3 is 12.2 Å². The van der Waals surface area contributed by atoms with Crippen LogP contribution in [-0.2, 0) is 4.79 Å². The topological polar surface area (TPSA) is 128 Å². The average molecular weight is 413 g/mol. The molecule has 0 unspecified atom stereocenters. The van der Waals surface area contributed by atoms with Crippen molar-refractivity contribution < 1.29 is 24.6 Å². The zero-order valence-electron chi connectivity index (χ0n) is 16.6. The molecule has 0 spiro atoms. The van der Waals surface area contributed by atoms with Crippen LogP contribution in [0.3, 0.4) is 0 Å². The van der Waals surface area contributed by atoms with Gasteiger partial charge in [0.15, 0.2) is 0 Å². The van der Waals surface area contributed by atoms with E-state index < -0.39 is 24.1 Å². The molecule has 2 aromatic rings. The van der Waals surface area contributed by atoms with Crippen molar-refractivity contribution in [3.8, 4) is 0 Å². The Morgan fingerprint density at radius 3 is 1.83 bits per heavy atom. The second kappa shape index (κ2) is 12.1. The van der Waals surface area contributed by atoms with Gasteiger partial charge in [-0.1, -0.05) is 60.7 Å². The van der Waals surface area contributed by atoms with E-state index in [1.54, 1.807) is 0 Å². The maximum Gasteiger partial charge on any atom is 0.405 e. The molecule has 0 aliphatic heterocycles. The van der Waals surface area contributed by atoms with E-state index >= 15 is 0 Å². The van der Waals surface area contributed by atoms with Gasteiger partial charge in [-0.25, -0.2) is 9.59 Å². The fourth-order valence-electron chi connectivity index (χ4n) is 3.21. The van der Waals surface area contributed by atoms with Gasteiger partial charge in [-0.3, -0.25) is 4.79 Å². The lowest BCUT2D eigenvalue weighted by Gasteiger charge is -2.22. The highest BCUT2D eigenvalue weighted by Gasteiger charge is 2.22. The number of carbonyl (C=O) groups is 3. The lowest BCUT2D eigenvalue weighted by Crippen LogP contribution is -2.47. The van der Waals surface area contributed by atoms with Crippen LogP contribution in [0.25, 0.3) is 0 Å². The summed E-state index contributed by atoms with van der Waals surface area (Å²) in [6.07, 6.45) is -1.10. The Kier molecular flexibility index (Phi) is 9.18. The summed E-state index contributed by atoms with van der Waals surface area (Å²) in [6, 6.07) is 18.7. The molecule has 0 aliphatic carbocycles. The third-order valence-electron chi connectivity index (χ3n) is 4.69. The van der Waals surface area contributed by atoms with Crippen molar-refractivity contribution in [2.45, 2.75) is 31.2 Å². The number of carbonyl (C=O) groups excluding carboxylic acids is 1. The van der Waals surface area contributed by atoms with E-state index in [0.29, 0.717) is 19.4 Å². The first-order chi connectivity index (χ1) is 14.5. The summed E-state index contributed by atoms with van der Waals surface area (Å²) in [6.45, 7) is 0.575. The second-order valence-electron chi connectivity index (χ2n) is 6.85. The quantitative estimate of drug-likeness (QED) is 0.362. The number of rotatable bonds is 11. The molecule has 2 rings (SSSR count). The Hall–Kier alpha value is -3.55. The van der Waals surface area contributed by atoms with Gasteiger partial charge in [-0.05, 0) is 30.4 Å². The molecule has 0 fully saturated rings. The molecule has 1 atom stereocenters. The molecular formula is C22H27N3O5. The summed E-state index contributed by atoms with van der Waals surface area (Å²) in [4.78, 5) is 34.2. The number of hydrogen-bond donors (Lipinski definition) is 5. The first-order valence-electron chi connectivity index (χ1n) is 9.81. The average Bonchev–Trinajstić information content (AvgIpc) is 2.73. The van der Waals surface area contributed by atoms with Gasteiger partial charge in [-0.2, -0.15) is 0 Å². The van der Waals surface area contributed by atoms with Crippen molar-refractivity contribution >= 4 is 18.1 Å². The van der Waals surface area contributed by atoms with E-state index in [2.05, 4.69) is 16.0 Å². The highest BCUT2D eigenvalue weighted by atomic mass is 16.4. The summed E-state index contributed by atoms with van der Waals surface area (Å²) < 4.78 is 0. The molecule has 3 amide bonds. The van der Waals surface area contributed by atoms with Gasteiger partial charge in [0, 0.05) is 19.0 Å². The van der Waals surface area contributed by atoms with Gasteiger partial charge in [0.1, 0.15) is 6.04 Å². The molecule has 2 aromatic carbocycles. The van der Waals surface area contributed by atoms with E-state index in [9.17, 15) is 14.4 Å². The van der Waals surface area contributed by atoms with Crippen molar-refractivity contribution in [2.75, 3.05) is 13.1 Å². The minimum absolute atomic E-state index is 0.0680. The van der Waals surface area contributed by atoms with Gasteiger partial charge in [0.25, 0.3) is 0 Å². The fourth-order valence-corrected chi connectivity index (χ4v) is 3.21. The number of nitrogens with one attached hydrogen (secondary N) is 3. The predicted octanol–water partition coefficient (Wildman–Crippen LogP) is 3.01. The molecule has 0 aromatic heterocycles. The van der Waals surface area contributed by atoms with Gasteiger partial charge < -0.3 is 26.2 Å². The summed E-state index contributed by atoms with van der Waals surface area (Å²) in [5.41, 5.74) is 2.10. The molecule has 8 heteroatoms. The SMILES string of the molecule is O=C(O)NCCCC[C@H](NC(=O)O)C(=O)NCC(c1ccccc1)c1ccccc1. The van der Waals surface area contributed by atoms with E-state index in [1.807, 2.05) is 60.7 Å². The summed E-state index contributed by atoms with van der Waals surface area (Å²) >= 11 is 0. The van der Waals surface area contributed by atoms with Crippen LogP contribution in [0.2, 0.25) is 0 Å². The standard InChI is InChI=1S/C22H27N3O5/c26-20(19(25-22(29)30)13-7-8-14-23-21(27)28)24-15-18(16-9-3-1-4-10-16)17-11-5-2-6-12-17/h1-6,9-12,18-19,23,25H,7-8,13-15H2,(H,24,26)(H,27,28)(H,29,30)/t19-/m0/s1. The second-order valence-corrected chi connectivity index (χ2v) is 6.85. The number of benzene rings is 2. The third-order valence-corrected chi connectivity index (χ3v) is 4.69. The van der Waals surface area contributed by atoms with Crippen LogP contribution in [-0.4, -0.2) is 47.4 Å². The van der Waals surface area contributed by atoms with E-state index in [0.717, 1.165) is 11.1 Å². The fraction of sp³-hybridized carbons (Fsp3) is 0.318. The van der Waals surface area contributed by atoms with Gasteiger partial charge in [0.2, 0.25) is 5.91 Å². The van der Waals surface area contributed by atoms with E-state index in [1.165, 1.54) is 0 Å². The molecule has 0 saturated heterocycles. The molecular weight excluding hydrogens is 386 g/mol. The zero-order valence-corrected chi connectivity index (χ0v) is 16.6. The lowest BCUT2D eigenvalue weighted by atomic mass is 9.91. The zero-order chi connectivity index (χ0) is 21.8.